The first kappa shape index (κ1) is 23.2. The maximum atomic E-state index is 4.78. The Morgan fingerprint density at radius 2 is 2.31 bits per heavy atom. The lowest BCUT2D eigenvalue weighted by Crippen LogP contribution is -2.40. The molecule has 2 rings (SSSR count). The number of aliphatic imine (C=N–C) groups is 1. The van der Waals surface area contributed by atoms with Crippen molar-refractivity contribution in [2.45, 2.75) is 32.9 Å². The van der Waals surface area contributed by atoms with Crippen molar-refractivity contribution in [2.75, 3.05) is 32.1 Å². The number of nitrogens with one attached hydrogen (secondary N) is 1. The predicted octanol–water partition coefficient (Wildman–Crippen LogP) is 3.35. The number of guanidine groups is 1. The second kappa shape index (κ2) is 13.4. The van der Waals surface area contributed by atoms with Crippen LogP contribution in [0.1, 0.15) is 24.7 Å². The molecule has 2 heterocycles. The molecule has 9 heteroatoms. The number of hydrogen-bond donors (Lipinski definition) is 1. The Morgan fingerprint density at radius 1 is 1.46 bits per heavy atom. The number of rotatable bonds is 10. The van der Waals surface area contributed by atoms with Crippen LogP contribution in [0.2, 0.25) is 0 Å². The van der Waals surface area contributed by atoms with Crippen molar-refractivity contribution in [2.24, 2.45) is 4.99 Å². The van der Waals surface area contributed by atoms with E-state index in [4.69, 9.17) is 4.99 Å². The Labute approximate surface area is 181 Å². The first-order chi connectivity index (χ1) is 12.2. The highest BCUT2D eigenvalue weighted by molar-refractivity contribution is 14.0. The van der Waals surface area contributed by atoms with E-state index in [2.05, 4.69) is 62.0 Å². The minimum atomic E-state index is 0. The molecule has 0 saturated heterocycles. The van der Waals surface area contributed by atoms with Crippen molar-refractivity contribution in [1.82, 2.24) is 25.0 Å². The second-order valence-electron chi connectivity index (χ2n) is 5.76. The van der Waals surface area contributed by atoms with Crippen LogP contribution < -0.4 is 5.32 Å². The Bertz CT molecular complexity index is 629. The van der Waals surface area contributed by atoms with Crippen LogP contribution in [0.4, 0.5) is 0 Å². The van der Waals surface area contributed by atoms with Crippen LogP contribution in [0.15, 0.2) is 28.1 Å². The molecule has 1 N–H and O–H groups in total. The molecular weight excluding hydrogens is 479 g/mol. The van der Waals surface area contributed by atoms with Crippen LogP contribution in [0, 0.1) is 0 Å². The molecule has 0 saturated carbocycles. The molecule has 0 bridgehead atoms. The molecule has 0 amide bonds. The highest BCUT2D eigenvalue weighted by Gasteiger charge is 2.08. The summed E-state index contributed by atoms with van der Waals surface area (Å²) in [5.41, 5.74) is 1.32. The van der Waals surface area contributed by atoms with Gasteiger partial charge in [-0.15, -0.1) is 34.2 Å². The minimum Gasteiger partial charge on any atom is -0.354 e. The summed E-state index contributed by atoms with van der Waals surface area (Å²) in [5.74, 6) is 3.12. The van der Waals surface area contributed by atoms with Gasteiger partial charge in [-0.05, 0) is 40.8 Å². The fraction of sp³-hybridized carbons (Fsp3) is 0.588. The van der Waals surface area contributed by atoms with E-state index in [0.717, 1.165) is 56.6 Å². The zero-order valence-electron chi connectivity index (χ0n) is 15.7. The molecule has 26 heavy (non-hydrogen) atoms. The van der Waals surface area contributed by atoms with Gasteiger partial charge in [0.1, 0.15) is 12.2 Å². The summed E-state index contributed by atoms with van der Waals surface area (Å²) in [5, 5.41) is 15.9. The third kappa shape index (κ3) is 7.83. The van der Waals surface area contributed by atoms with Gasteiger partial charge in [0.15, 0.2) is 5.96 Å². The number of hydrogen-bond acceptors (Lipinski definition) is 5. The van der Waals surface area contributed by atoms with Crippen molar-refractivity contribution in [3.63, 3.8) is 0 Å². The molecule has 0 aliphatic heterocycles. The lowest BCUT2D eigenvalue weighted by molar-refractivity contribution is 0.471. The van der Waals surface area contributed by atoms with Crippen molar-refractivity contribution >= 4 is 53.0 Å². The lowest BCUT2D eigenvalue weighted by Gasteiger charge is -2.22. The van der Waals surface area contributed by atoms with Gasteiger partial charge in [0.05, 0.1) is 0 Å². The Kier molecular flexibility index (Phi) is 11.9. The van der Waals surface area contributed by atoms with Gasteiger partial charge in [-0.25, -0.2) is 0 Å². The molecule has 6 nitrogen and oxygen atoms in total. The monoisotopic (exact) mass is 508 g/mol. The highest BCUT2D eigenvalue weighted by Crippen LogP contribution is 2.08. The molecule has 0 aliphatic carbocycles. The van der Waals surface area contributed by atoms with Crippen molar-refractivity contribution in [3.8, 4) is 0 Å². The van der Waals surface area contributed by atoms with Crippen LogP contribution in [0.25, 0.3) is 0 Å². The van der Waals surface area contributed by atoms with Gasteiger partial charge >= 0.3 is 0 Å². The summed E-state index contributed by atoms with van der Waals surface area (Å²) in [6.07, 6.45) is 5.93. The average molecular weight is 508 g/mol. The molecule has 146 valence electrons. The number of halogens is 1. The Balaban J connectivity index is 0.00000338. The normalized spacial score (nSPS) is 11.3. The maximum Gasteiger partial charge on any atom is 0.194 e. The van der Waals surface area contributed by atoms with Crippen molar-refractivity contribution < 1.29 is 0 Å². The summed E-state index contributed by atoms with van der Waals surface area (Å²) in [6, 6.07) is 2.16. The van der Waals surface area contributed by atoms with E-state index < -0.39 is 0 Å². The zero-order chi connectivity index (χ0) is 17.9. The number of thiophene rings is 1. The predicted molar refractivity (Wildman–Crippen MR) is 124 cm³/mol. The van der Waals surface area contributed by atoms with Gasteiger partial charge in [-0.2, -0.15) is 23.1 Å². The van der Waals surface area contributed by atoms with E-state index >= 15 is 0 Å². The van der Waals surface area contributed by atoms with Crippen LogP contribution in [-0.2, 0) is 19.5 Å². The summed E-state index contributed by atoms with van der Waals surface area (Å²) in [7, 11) is 2.09. The molecule has 0 unspecified atom stereocenters. The Morgan fingerprint density at radius 3 is 3.00 bits per heavy atom. The quantitative estimate of drug-likeness (QED) is 0.231. The molecular formula is C17H29IN6S2. The number of aromatic nitrogens is 3. The van der Waals surface area contributed by atoms with E-state index in [-0.39, 0.29) is 24.0 Å². The fourth-order valence-corrected chi connectivity index (χ4v) is 3.54. The molecule has 2 aromatic rings. The van der Waals surface area contributed by atoms with Gasteiger partial charge in [0.2, 0.25) is 0 Å². The number of thioether (sulfide) groups is 1. The molecule has 0 aromatic carbocycles. The largest absolute Gasteiger partial charge is 0.354 e. The highest BCUT2D eigenvalue weighted by atomic mass is 127. The van der Waals surface area contributed by atoms with Crippen LogP contribution >= 0.6 is 47.1 Å². The third-order valence-corrected chi connectivity index (χ3v) is 5.21. The summed E-state index contributed by atoms with van der Waals surface area (Å²) < 4.78 is 2.09. The summed E-state index contributed by atoms with van der Waals surface area (Å²) >= 11 is 3.60. The van der Waals surface area contributed by atoms with E-state index in [1.165, 1.54) is 5.56 Å². The van der Waals surface area contributed by atoms with Gasteiger partial charge in [-0.1, -0.05) is 6.92 Å². The first-order valence-corrected chi connectivity index (χ1v) is 10.9. The number of nitrogens with zero attached hydrogens (tertiary/aromatic N) is 5. The molecule has 0 atom stereocenters. The Hall–Kier alpha value is -0.810. The fourth-order valence-electron chi connectivity index (χ4n) is 2.46. The topological polar surface area (TPSA) is 58.3 Å². The molecule has 0 radical (unpaired) electrons. The van der Waals surface area contributed by atoms with Gasteiger partial charge < -0.3 is 14.8 Å². The zero-order valence-corrected chi connectivity index (χ0v) is 19.7. The van der Waals surface area contributed by atoms with Crippen molar-refractivity contribution in [3.05, 3.63) is 34.5 Å². The van der Waals surface area contributed by atoms with E-state index in [1.807, 2.05) is 11.8 Å². The van der Waals surface area contributed by atoms with Crippen LogP contribution in [0.5, 0.6) is 0 Å². The molecule has 0 spiro atoms. The van der Waals surface area contributed by atoms with E-state index in [0.29, 0.717) is 0 Å². The average Bonchev–Trinajstić information content (AvgIpc) is 3.28. The second-order valence-corrected chi connectivity index (χ2v) is 7.53. The van der Waals surface area contributed by atoms with Gasteiger partial charge in [-0.3, -0.25) is 4.99 Å². The van der Waals surface area contributed by atoms with Crippen LogP contribution in [0.3, 0.4) is 0 Å². The van der Waals surface area contributed by atoms with Gasteiger partial charge in [0, 0.05) is 39.6 Å². The van der Waals surface area contributed by atoms with Gasteiger partial charge in [0.25, 0.3) is 0 Å². The van der Waals surface area contributed by atoms with Crippen LogP contribution in [-0.4, -0.2) is 57.8 Å². The molecule has 0 aliphatic rings. The molecule has 0 fully saturated rings. The standard InChI is InChI=1S/C17H28N6S2.HI/c1-4-16-21-20-14-23(16)9-8-19-17(18-7-5-10-24-3)22(2)12-15-6-11-25-13-15;/h6,11,13-14H,4-5,7-10,12H2,1-3H3,(H,18,19);1H. The number of aryl methyl sites for hydroxylation is 1. The van der Waals surface area contributed by atoms with E-state index in [1.54, 1.807) is 17.7 Å². The summed E-state index contributed by atoms with van der Waals surface area (Å²) in [6.45, 7) is 5.46. The minimum absolute atomic E-state index is 0. The maximum absolute atomic E-state index is 4.78. The lowest BCUT2D eigenvalue weighted by atomic mass is 10.3. The summed E-state index contributed by atoms with van der Waals surface area (Å²) in [4.78, 5) is 6.97. The smallest absolute Gasteiger partial charge is 0.194 e. The SMILES string of the molecule is CCc1nncn1CCNC(=NCCCSC)N(C)Cc1ccsc1.I. The van der Waals surface area contributed by atoms with E-state index in [9.17, 15) is 0 Å². The van der Waals surface area contributed by atoms with Crippen molar-refractivity contribution in [1.29, 1.82) is 0 Å². The first-order valence-electron chi connectivity index (χ1n) is 8.60. The molecule has 2 aromatic heterocycles. The third-order valence-electron chi connectivity index (χ3n) is 3.78.